The van der Waals surface area contributed by atoms with Crippen molar-refractivity contribution in [3.05, 3.63) is 60.4 Å². The van der Waals surface area contributed by atoms with Gasteiger partial charge in [-0.25, -0.2) is 3.97 Å². The number of fused-ring (bicyclic) bond motifs is 1. The van der Waals surface area contributed by atoms with Gasteiger partial charge in [-0.3, -0.25) is 4.72 Å². The highest BCUT2D eigenvalue weighted by Crippen LogP contribution is 2.34. The van der Waals surface area contributed by atoms with Crippen molar-refractivity contribution < 1.29 is 22.6 Å². The van der Waals surface area contributed by atoms with Crippen LogP contribution in [0.25, 0.3) is 17.0 Å². The van der Waals surface area contributed by atoms with Gasteiger partial charge in [0.1, 0.15) is 17.2 Å². The Labute approximate surface area is 158 Å². The van der Waals surface area contributed by atoms with Gasteiger partial charge in [0.05, 0.1) is 32.4 Å². The first-order valence-corrected chi connectivity index (χ1v) is 9.49. The van der Waals surface area contributed by atoms with Gasteiger partial charge in [-0.2, -0.15) is 8.42 Å². The summed E-state index contributed by atoms with van der Waals surface area (Å²) in [6, 6.07) is 12.4. The molecule has 7 nitrogen and oxygen atoms in total. The number of nitrogens with one attached hydrogen (secondary N) is 1. The molecule has 0 aliphatic carbocycles. The second kappa shape index (κ2) is 7.63. The highest BCUT2D eigenvalue weighted by Gasteiger charge is 2.14. The maximum absolute atomic E-state index is 12.6. The maximum Gasteiger partial charge on any atom is 0.327 e. The average molecular weight is 388 g/mol. The van der Waals surface area contributed by atoms with Crippen LogP contribution in [0.15, 0.2) is 54.9 Å². The lowest BCUT2D eigenvalue weighted by molar-refractivity contribution is 0.374. The van der Waals surface area contributed by atoms with Crippen molar-refractivity contribution in [1.29, 1.82) is 0 Å². The van der Waals surface area contributed by atoms with Gasteiger partial charge in [0.25, 0.3) is 0 Å². The molecule has 8 heteroatoms. The monoisotopic (exact) mass is 388 g/mol. The number of hydrogen-bond donors (Lipinski definition) is 1. The normalized spacial score (nSPS) is 11.7. The van der Waals surface area contributed by atoms with E-state index in [-0.39, 0.29) is 0 Å². The third kappa shape index (κ3) is 3.70. The van der Waals surface area contributed by atoms with Crippen molar-refractivity contribution in [2.24, 2.45) is 0 Å². The molecular formula is C19H20N2O5S. The van der Waals surface area contributed by atoms with E-state index in [1.54, 1.807) is 43.5 Å². The third-order valence-corrected chi connectivity index (χ3v) is 5.31. The first kappa shape index (κ1) is 18.7. The highest BCUT2D eigenvalue weighted by molar-refractivity contribution is 7.88. The van der Waals surface area contributed by atoms with Crippen molar-refractivity contribution in [3.8, 4) is 17.2 Å². The van der Waals surface area contributed by atoms with Crippen LogP contribution in [0.4, 0.5) is 0 Å². The van der Waals surface area contributed by atoms with Crippen molar-refractivity contribution in [3.63, 3.8) is 0 Å². The van der Waals surface area contributed by atoms with E-state index in [2.05, 4.69) is 4.72 Å². The SMILES string of the molecule is COc1cc(OC)c(/C=C/NS(=O)(=O)n2ccc3ccccc32)c(OC)c1. The molecule has 0 saturated carbocycles. The van der Waals surface area contributed by atoms with E-state index in [1.807, 2.05) is 12.1 Å². The molecule has 3 rings (SSSR count). The summed E-state index contributed by atoms with van der Waals surface area (Å²) in [5.41, 5.74) is 1.18. The topological polar surface area (TPSA) is 78.8 Å². The molecule has 1 aromatic heterocycles. The van der Waals surface area contributed by atoms with E-state index in [0.717, 1.165) is 5.39 Å². The predicted octanol–water partition coefficient (Wildman–Crippen LogP) is 3.02. The van der Waals surface area contributed by atoms with E-state index < -0.39 is 10.2 Å². The minimum absolute atomic E-state index is 0.494. The summed E-state index contributed by atoms with van der Waals surface area (Å²) in [6.07, 6.45) is 4.41. The molecule has 0 spiro atoms. The smallest absolute Gasteiger partial charge is 0.327 e. The summed E-state index contributed by atoms with van der Waals surface area (Å²) in [4.78, 5) is 0. The first-order chi connectivity index (χ1) is 13.0. The van der Waals surface area contributed by atoms with Gasteiger partial charge in [0, 0.05) is 29.9 Å². The van der Waals surface area contributed by atoms with E-state index in [0.29, 0.717) is 28.3 Å². The molecule has 3 aromatic rings. The van der Waals surface area contributed by atoms with E-state index in [4.69, 9.17) is 14.2 Å². The Morgan fingerprint density at radius 3 is 2.26 bits per heavy atom. The number of methoxy groups -OCH3 is 3. The lowest BCUT2D eigenvalue weighted by Gasteiger charge is -2.13. The molecule has 2 aromatic carbocycles. The van der Waals surface area contributed by atoms with Crippen molar-refractivity contribution in [1.82, 2.24) is 8.69 Å². The Morgan fingerprint density at radius 2 is 1.63 bits per heavy atom. The fourth-order valence-electron chi connectivity index (χ4n) is 2.72. The zero-order valence-electron chi connectivity index (χ0n) is 15.2. The zero-order chi connectivity index (χ0) is 19.4. The standard InChI is InChI=1S/C19H20N2O5S/c1-24-15-12-18(25-2)16(19(13-15)26-3)8-10-20-27(22,23)21-11-9-14-6-4-5-7-17(14)21/h4-13,20H,1-3H3/b10-8+. The molecule has 0 atom stereocenters. The molecule has 0 saturated heterocycles. The Morgan fingerprint density at radius 1 is 0.963 bits per heavy atom. The van der Waals surface area contributed by atoms with Crippen LogP contribution >= 0.6 is 0 Å². The summed E-state index contributed by atoms with van der Waals surface area (Å²) >= 11 is 0. The van der Waals surface area contributed by atoms with Crippen LogP contribution in [0, 0.1) is 0 Å². The largest absolute Gasteiger partial charge is 0.496 e. The first-order valence-electron chi connectivity index (χ1n) is 8.05. The van der Waals surface area contributed by atoms with Crippen molar-refractivity contribution in [2.75, 3.05) is 21.3 Å². The van der Waals surface area contributed by atoms with Gasteiger partial charge < -0.3 is 14.2 Å². The molecule has 0 aliphatic heterocycles. The summed E-state index contributed by atoms with van der Waals surface area (Å²) in [7, 11) is 0.780. The molecule has 1 N–H and O–H groups in total. The van der Waals surface area contributed by atoms with Crippen LogP contribution in [0.5, 0.6) is 17.2 Å². The number of hydrogen-bond acceptors (Lipinski definition) is 5. The number of ether oxygens (including phenoxy) is 3. The van der Waals surface area contributed by atoms with Gasteiger partial charge >= 0.3 is 10.2 Å². The quantitative estimate of drug-likeness (QED) is 0.673. The minimum Gasteiger partial charge on any atom is -0.496 e. The second-order valence-corrected chi connectivity index (χ2v) is 7.15. The maximum atomic E-state index is 12.6. The van der Waals surface area contributed by atoms with Gasteiger partial charge in [-0.05, 0) is 18.2 Å². The van der Waals surface area contributed by atoms with Gasteiger partial charge in [0.2, 0.25) is 0 Å². The number of nitrogens with zero attached hydrogens (tertiary/aromatic N) is 1. The Kier molecular flexibility index (Phi) is 5.27. The summed E-state index contributed by atoms with van der Waals surface area (Å²) < 4.78 is 44.8. The number of para-hydroxylation sites is 1. The van der Waals surface area contributed by atoms with Crippen LogP contribution in [0.2, 0.25) is 0 Å². The fourth-order valence-corrected chi connectivity index (χ4v) is 3.72. The van der Waals surface area contributed by atoms with Crippen LogP contribution in [-0.2, 0) is 10.2 Å². The predicted molar refractivity (Wildman–Crippen MR) is 105 cm³/mol. The fraction of sp³-hybridized carbons (Fsp3) is 0.158. The van der Waals surface area contributed by atoms with Crippen LogP contribution in [-0.4, -0.2) is 33.7 Å². The van der Waals surface area contributed by atoms with Crippen molar-refractivity contribution in [2.45, 2.75) is 0 Å². The molecule has 27 heavy (non-hydrogen) atoms. The van der Waals surface area contributed by atoms with Crippen LogP contribution in [0.1, 0.15) is 5.56 Å². The molecule has 0 fully saturated rings. The molecule has 0 amide bonds. The van der Waals surface area contributed by atoms with Gasteiger partial charge in [0.15, 0.2) is 0 Å². The Balaban J connectivity index is 1.91. The molecular weight excluding hydrogens is 368 g/mol. The number of aromatic nitrogens is 1. The lowest BCUT2D eigenvalue weighted by atomic mass is 10.1. The van der Waals surface area contributed by atoms with Gasteiger partial charge in [-0.1, -0.05) is 18.2 Å². The number of rotatable bonds is 7. The minimum atomic E-state index is -3.79. The van der Waals surface area contributed by atoms with Crippen molar-refractivity contribution >= 4 is 27.2 Å². The Hall–Kier alpha value is -3.13. The molecule has 1 heterocycles. The highest BCUT2D eigenvalue weighted by atomic mass is 32.2. The molecule has 0 aliphatic rings. The lowest BCUT2D eigenvalue weighted by Crippen LogP contribution is -2.24. The third-order valence-electron chi connectivity index (χ3n) is 4.04. The van der Waals surface area contributed by atoms with E-state index in [9.17, 15) is 8.42 Å². The average Bonchev–Trinajstić information content (AvgIpc) is 3.12. The Bertz CT molecular complexity index is 1060. The number of benzene rings is 2. The van der Waals surface area contributed by atoms with E-state index in [1.165, 1.54) is 30.6 Å². The zero-order valence-corrected chi connectivity index (χ0v) is 16.0. The molecule has 142 valence electrons. The summed E-state index contributed by atoms with van der Waals surface area (Å²) in [5.74, 6) is 1.56. The second-order valence-electron chi connectivity index (χ2n) is 5.57. The molecule has 0 unspecified atom stereocenters. The summed E-state index contributed by atoms with van der Waals surface area (Å²) in [5, 5.41) is 0.838. The van der Waals surface area contributed by atoms with Gasteiger partial charge in [-0.15, -0.1) is 0 Å². The molecule has 0 bridgehead atoms. The van der Waals surface area contributed by atoms with Crippen LogP contribution < -0.4 is 18.9 Å². The summed E-state index contributed by atoms with van der Waals surface area (Å²) in [6.45, 7) is 0. The molecule has 0 radical (unpaired) electrons. The van der Waals surface area contributed by atoms with Crippen LogP contribution in [0.3, 0.4) is 0 Å². The van der Waals surface area contributed by atoms with E-state index >= 15 is 0 Å².